The highest BCUT2D eigenvalue weighted by atomic mass is 16.5. The van der Waals surface area contributed by atoms with E-state index in [2.05, 4.69) is 4.98 Å². The van der Waals surface area contributed by atoms with Gasteiger partial charge in [0.2, 0.25) is 5.91 Å². The minimum atomic E-state index is -0.272. The van der Waals surface area contributed by atoms with Crippen LogP contribution in [0.3, 0.4) is 0 Å². The second-order valence-corrected chi connectivity index (χ2v) is 5.33. The van der Waals surface area contributed by atoms with Crippen molar-refractivity contribution in [2.24, 2.45) is 5.92 Å². The average Bonchev–Trinajstić information content (AvgIpc) is 2.44. The van der Waals surface area contributed by atoms with E-state index in [0.717, 1.165) is 5.56 Å². The van der Waals surface area contributed by atoms with E-state index in [9.17, 15) is 9.59 Å². The van der Waals surface area contributed by atoms with Gasteiger partial charge in [-0.25, -0.2) is 0 Å². The molecule has 0 spiro atoms. The van der Waals surface area contributed by atoms with Gasteiger partial charge in [0, 0.05) is 31.9 Å². The molecule has 5 nitrogen and oxygen atoms in total. The number of pyridine rings is 1. The van der Waals surface area contributed by atoms with Crippen molar-refractivity contribution in [2.75, 3.05) is 13.2 Å². The van der Waals surface area contributed by atoms with E-state index < -0.39 is 0 Å². The van der Waals surface area contributed by atoms with Crippen molar-refractivity contribution in [3.05, 3.63) is 30.1 Å². The van der Waals surface area contributed by atoms with Crippen LogP contribution >= 0.6 is 0 Å². The van der Waals surface area contributed by atoms with Crippen molar-refractivity contribution in [2.45, 2.75) is 40.2 Å². The average molecular weight is 292 g/mol. The lowest BCUT2D eigenvalue weighted by molar-refractivity contribution is -0.144. The van der Waals surface area contributed by atoms with Crippen molar-refractivity contribution < 1.29 is 14.3 Å². The van der Waals surface area contributed by atoms with Gasteiger partial charge in [-0.3, -0.25) is 14.6 Å². The Morgan fingerprint density at radius 2 is 2.14 bits per heavy atom. The fraction of sp³-hybridized carbons (Fsp3) is 0.562. The fourth-order valence-electron chi connectivity index (χ4n) is 1.94. The number of amides is 1. The molecule has 1 rings (SSSR count). The van der Waals surface area contributed by atoms with Crippen LogP contribution in [0.25, 0.3) is 0 Å². The van der Waals surface area contributed by atoms with E-state index in [1.54, 1.807) is 24.2 Å². The molecule has 0 bridgehead atoms. The van der Waals surface area contributed by atoms with E-state index >= 15 is 0 Å². The van der Waals surface area contributed by atoms with E-state index in [1.165, 1.54) is 0 Å². The predicted octanol–water partition coefficient (Wildman–Crippen LogP) is 2.41. The van der Waals surface area contributed by atoms with Crippen LogP contribution in [0, 0.1) is 5.92 Å². The summed E-state index contributed by atoms with van der Waals surface area (Å²) in [5, 5.41) is 0. The minimum absolute atomic E-state index is 0.0538. The number of aromatic nitrogens is 1. The van der Waals surface area contributed by atoms with E-state index in [-0.39, 0.29) is 24.2 Å². The molecule has 0 radical (unpaired) electrons. The highest BCUT2D eigenvalue weighted by Gasteiger charge is 2.17. The van der Waals surface area contributed by atoms with Gasteiger partial charge in [-0.2, -0.15) is 0 Å². The molecule has 1 heterocycles. The Balaban J connectivity index is 2.65. The number of carbonyl (C=O) groups is 2. The molecular weight excluding hydrogens is 268 g/mol. The summed E-state index contributed by atoms with van der Waals surface area (Å²) in [4.78, 5) is 29.5. The summed E-state index contributed by atoms with van der Waals surface area (Å²) >= 11 is 0. The predicted molar refractivity (Wildman–Crippen MR) is 80.4 cm³/mol. The fourth-order valence-corrected chi connectivity index (χ4v) is 1.94. The number of nitrogens with zero attached hydrogens (tertiary/aromatic N) is 2. The van der Waals surface area contributed by atoms with Crippen molar-refractivity contribution in [3.63, 3.8) is 0 Å². The van der Waals surface area contributed by atoms with Crippen LogP contribution in [-0.2, 0) is 20.9 Å². The van der Waals surface area contributed by atoms with Crippen LogP contribution in [0.1, 0.15) is 39.2 Å². The highest BCUT2D eigenvalue weighted by Crippen LogP contribution is 2.10. The zero-order valence-electron chi connectivity index (χ0n) is 13.0. The molecule has 1 amide bonds. The first-order chi connectivity index (χ1) is 10.0. The molecule has 1 aromatic heterocycles. The standard InChI is InChI=1S/C16H24N2O3/c1-4-21-16(20)7-9-18(15(19)10-13(2)3)12-14-6-5-8-17-11-14/h5-6,8,11,13H,4,7,9-10,12H2,1-3H3. The minimum Gasteiger partial charge on any atom is -0.466 e. The largest absolute Gasteiger partial charge is 0.466 e. The second kappa shape index (κ2) is 9.10. The first kappa shape index (κ1) is 17.1. The van der Waals surface area contributed by atoms with Crippen LogP contribution in [0.4, 0.5) is 0 Å². The number of rotatable bonds is 8. The Labute approximate surface area is 126 Å². The number of esters is 1. The maximum Gasteiger partial charge on any atom is 0.307 e. The Morgan fingerprint density at radius 3 is 2.71 bits per heavy atom. The first-order valence-electron chi connectivity index (χ1n) is 7.35. The first-order valence-corrected chi connectivity index (χ1v) is 7.35. The molecule has 0 fully saturated rings. The SMILES string of the molecule is CCOC(=O)CCN(Cc1cccnc1)C(=O)CC(C)C. The third-order valence-electron chi connectivity index (χ3n) is 2.92. The molecule has 0 saturated heterocycles. The van der Waals surface area contributed by atoms with Gasteiger partial charge in [0.05, 0.1) is 13.0 Å². The third kappa shape index (κ3) is 6.88. The summed E-state index contributed by atoms with van der Waals surface area (Å²) in [6, 6.07) is 3.76. The molecule has 0 saturated carbocycles. The Kier molecular flexibility index (Phi) is 7.43. The van der Waals surface area contributed by atoms with E-state index in [4.69, 9.17) is 4.74 Å². The summed E-state index contributed by atoms with van der Waals surface area (Å²) in [7, 11) is 0. The van der Waals surface area contributed by atoms with E-state index in [0.29, 0.717) is 26.1 Å². The van der Waals surface area contributed by atoms with Crippen LogP contribution in [-0.4, -0.2) is 34.9 Å². The van der Waals surface area contributed by atoms with Gasteiger partial charge >= 0.3 is 5.97 Å². The lowest BCUT2D eigenvalue weighted by Gasteiger charge is -2.23. The van der Waals surface area contributed by atoms with Gasteiger partial charge in [0.25, 0.3) is 0 Å². The van der Waals surface area contributed by atoms with Crippen LogP contribution < -0.4 is 0 Å². The van der Waals surface area contributed by atoms with Crippen molar-refractivity contribution in [3.8, 4) is 0 Å². The van der Waals surface area contributed by atoms with E-state index in [1.807, 2.05) is 26.0 Å². The molecule has 0 aliphatic rings. The lowest BCUT2D eigenvalue weighted by Crippen LogP contribution is -2.33. The summed E-state index contributed by atoms with van der Waals surface area (Å²) in [6.45, 7) is 6.99. The molecule has 0 unspecified atom stereocenters. The summed E-state index contributed by atoms with van der Waals surface area (Å²) in [5.74, 6) is 0.0701. The quantitative estimate of drug-likeness (QED) is 0.690. The molecule has 0 aliphatic carbocycles. The smallest absolute Gasteiger partial charge is 0.307 e. The molecule has 0 aromatic carbocycles. The Bertz CT molecular complexity index is 446. The van der Waals surface area contributed by atoms with Gasteiger partial charge in [-0.15, -0.1) is 0 Å². The van der Waals surface area contributed by atoms with Gasteiger partial charge < -0.3 is 9.64 Å². The zero-order chi connectivity index (χ0) is 15.7. The van der Waals surface area contributed by atoms with Gasteiger partial charge in [0.1, 0.15) is 0 Å². The monoisotopic (exact) mass is 292 g/mol. The van der Waals surface area contributed by atoms with Crippen molar-refractivity contribution >= 4 is 11.9 Å². The van der Waals surface area contributed by atoms with Crippen molar-refractivity contribution in [1.29, 1.82) is 0 Å². The molecule has 0 aliphatic heterocycles. The molecule has 0 atom stereocenters. The molecule has 1 aromatic rings. The van der Waals surface area contributed by atoms with Crippen LogP contribution in [0.2, 0.25) is 0 Å². The maximum absolute atomic E-state index is 12.3. The molecule has 5 heteroatoms. The Morgan fingerprint density at radius 1 is 1.38 bits per heavy atom. The second-order valence-electron chi connectivity index (χ2n) is 5.33. The normalized spacial score (nSPS) is 10.5. The third-order valence-corrected chi connectivity index (χ3v) is 2.92. The van der Waals surface area contributed by atoms with Gasteiger partial charge in [0.15, 0.2) is 0 Å². The lowest BCUT2D eigenvalue weighted by atomic mass is 10.1. The van der Waals surface area contributed by atoms with Gasteiger partial charge in [-0.05, 0) is 24.5 Å². The number of hydrogen-bond acceptors (Lipinski definition) is 4. The highest BCUT2D eigenvalue weighted by molar-refractivity contribution is 5.77. The zero-order valence-corrected chi connectivity index (χ0v) is 13.0. The van der Waals surface area contributed by atoms with Crippen LogP contribution in [0.5, 0.6) is 0 Å². The number of hydrogen-bond donors (Lipinski definition) is 0. The topological polar surface area (TPSA) is 59.5 Å². The Hall–Kier alpha value is -1.91. The summed E-state index contributed by atoms with van der Waals surface area (Å²) in [5.41, 5.74) is 0.957. The molecule has 21 heavy (non-hydrogen) atoms. The maximum atomic E-state index is 12.3. The molecule has 116 valence electrons. The number of ether oxygens (including phenoxy) is 1. The van der Waals surface area contributed by atoms with Gasteiger partial charge in [-0.1, -0.05) is 19.9 Å². The summed E-state index contributed by atoms with van der Waals surface area (Å²) in [6.07, 6.45) is 4.13. The van der Waals surface area contributed by atoms with Crippen LogP contribution in [0.15, 0.2) is 24.5 Å². The van der Waals surface area contributed by atoms with Crippen molar-refractivity contribution in [1.82, 2.24) is 9.88 Å². The molecular formula is C16H24N2O3. The number of carbonyl (C=O) groups excluding carboxylic acids is 2. The molecule has 0 N–H and O–H groups in total. The summed E-state index contributed by atoms with van der Waals surface area (Å²) < 4.78 is 4.91.